The van der Waals surface area contributed by atoms with Crippen molar-refractivity contribution in [3.05, 3.63) is 69.6 Å². The van der Waals surface area contributed by atoms with Gasteiger partial charge in [-0.3, -0.25) is 20.0 Å². The summed E-state index contributed by atoms with van der Waals surface area (Å²) in [5, 5.41) is 5.57. The van der Waals surface area contributed by atoms with Crippen molar-refractivity contribution in [2.75, 3.05) is 5.32 Å². The first-order chi connectivity index (χ1) is 13.9. The van der Waals surface area contributed by atoms with Crippen LogP contribution in [0.15, 0.2) is 45.8 Å². The topological polar surface area (TPSA) is 105 Å². The van der Waals surface area contributed by atoms with E-state index in [0.717, 1.165) is 22.5 Å². The first-order valence-electron chi connectivity index (χ1n) is 9.31. The fourth-order valence-electron chi connectivity index (χ4n) is 3.27. The second-order valence-electron chi connectivity index (χ2n) is 7.20. The monoisotopic (exact) mass is 391 g/mol. The summed E-state index contributed by atoms with van der Waals surface area (Å²) in [5.41, 5.74) is 3.53. The molecule has 0 aliphatic rings. The lowest BCUT2D eigenvalue weighted by molar-refractivity contribution is 0.102. The smallest absolute Gasteiger partial charge is 0.301 e. The van der Waals surface area contributed by atoms with Crippen LogP contribution in [0.3, 0.4) is 0 Å². The number of aromatic nitrogens is 4. The van der Waals surface area contributed by atoms with Crippen LogP contribution >= 0.6 is 0 Å². The standard InChI is InChI=1S/C21H21N5O3/c1-11(2)15-10-29-21(23-15)24-19(27)17-12(3)22-18-16(14-8-6-5-7-9-14)13(4)25-26(18)20(17)28/h5-11,25H,1-4H3,(H,23,24,27). The molecule has 0 aliphatic carbocycles. The lowest BCUT2D eigenvalue weighted by Gasteiger charge is -2.06. The maximum atomic E-state index is 13.1. The fourth-order valence-corrected chi connectivity index (χ4v) is 3.27. The normalized spacial score (nSPS) is 11.3. The maximum absolute atomic E-state index is 13.1. The Labute approximate surface area is 166 Å². The van der Waals surface area contributed by atoms with Crippen molar-refractivity contribution in [2.45, 2.75) is 33.6 Å². The molecule has 0 fully saturated rings. The SMILES string of the molecule is Cc1nc2c(-c3ccccc3)c(C)[nH]n2c(=O)c1C(=O)Nc1nc(C(C)C)co1. The summed E-state index contributed by atoms with van der Waals surface area (Å²) in [6.45, 7) is 7.44. The second-order valence-corrected chi connectivity index (χ2v) is 7.20. The minimum Gasteiger partial charge on any atom is -0.432 e. The summed E-state index contributed by atoms with van der Waals surface area (Å²) in [5.74, 6) is -0.451. The lowest BCUT2D eigenvalue weighted by atomic mass is 10.1. The van der Waals surface area contributed by atoms with Gasteiger partial charge in [0.25, 0.3) is 11.5 Å². The van der Waals surface area contributed by atoms with Gasteiger partial charge in [0.15, 0.2) is 5.65 Å². The molecular formula is C21H21N5O3. The number of nitrogens with zero attached hydrogens (tertiary/aromatic N) is 3. The molecule has 29 heavy (non-hydrogen) atoms. The minimum absolute atomic E-state index is 0.0511. The van der Waals surface area contributed by atoms with Gasteiger partial charge < -0.3 is 4.42 Å². The first-order valence-corrected chi connectivity index (χ1v) is 9.31. The van der Waals surface area contributed by atoms with E-state index in [4.69, 9.17) is 4.42 Å². The molecule has 4 aromatic rings. The molecule has 0 aliphatic heterocycles. The highest BCUT2D eigenvalue weighted by Crippen LogP contribution is 2.26. The molecule has 3 aromatic heterocycles. The van der Waals surface area contributed by atoms with Gasteiger partial charge >= 0.3 is 6.01 Å². The summed E-state index contributed by atoms with van der Waals surface area (Å²) in [6.07, 6.45) is 1.49. The molecular weight excluding hydrogens is 370 g/mol. The van der Waals surface area contributed by atoms with Crippen LogP contribution in [-0.2, 0) is 0 Å². The number of hydrogen-bond donors (Lipinski definition) is 2. The van der Waals surface area contributed by atoms with Crippen molar-refractivity contribution < 1.29 is 9.21 Å². The van der Waals surface area contributed by atoms with E-state index in [1.54, 1.807) is 6.92 Å². The summed E-state index contributed by atoms with van der Waals surface area (Å²) in [4.78, 5) is 34.6. The fraction of sp³-hybridized carbons (Fsp3) is 0.238. The van der Waals surface area contributed by atoms with Gasteiger partial charge in [0.05, 0.1) is 11.4 Å². The Morgan fingerprint density at radius 2 is 1.90 bits per heavy atom. The van der Waals surface area contributed by atoms with Gasteiger partial charge in [-0.1, -0.05) is 44.2 Å². The molecule has 0 saturated carbocycles. The molecule has 1 aromatic carbocycles. The maximum Gasteiger partial charge on any atom is 0.301 e. The van der Waals surface area contributed by atoms with E-state index in [-0.39, 0.29) is 17.5 Å². The Kier molecular flexibility index (Phi) is 4.54. The van der Waals surface area contributed by atoms with E-state index in [2.05, 4.69) is 20.4 Å². The van der Waals surface area contributed by atoms with Crippen LogP contribution in [0.5, 0.6) is 0 Å². The van der Waals surface area contributed by atoms with Crippen molar-refractivity contribution >= 4 is 17.6 Å². The van der Waals surface area contributed by atoms with E-state index in [1.807, 2.05) is 51.1 Å². The van der Waals surface area contributed by atoms with Crippen LogP contribution in [0.25, 0.3) is 16.8 Å². The molecule has 0 bridgehead atoms. The zero-order valence-corrected chi connectivity index (χ0v) is 16.6. The largest absolute Gasteiger partial charge is 0.432 e. The minimum atomic E-state index is -0.611. The van der Waals surface area contributed by atoms with Crippen LogP contribution in [0.2, 0.25) is 0 Å². The van der Waals surface area contributed by atoms with Gasteiger partial charge in [-0.15, -0.1) is 0 Å². The van der Waals surface area contributed by atoms with Gasteiger partial charge in [-0.05, 0) is 25.3 Å². The van der Waals surface area contributed by atoms with Crippen molar-refractivity contribution in [1.29, 1.82) is 0 Å². The lowest BCUT2D eigenvalue weighted by Crippen LogP contribution is -2.29. The van der Waals surface area contributed by atoms with Gasteiger partial charge in [0, 0.05) is 11.3 Å². The van der Waals surface area contributed by atoms with Gasteiger partial charge in [0.2, 0.25) is 0 Å². The third-order valence-electron chi connectivity index (χ3n) is 4.77. The Morgan fingerprint density at radius 1 is 1.17 bits per heavy atom. The molecule has 8 nitrogen and oxygen atoms in total. The third kappa shape index (κ3) is 3.22. The highest BCUT2D eigenvalue weighted by atomic mass is 16.4. The van der Waals surface area contributed by atoms with E-state index in [1.165, 1.54) is 10.8 Å². The Bertz CT molecular complexity index is 1260. The van der Waals surface area contributed by atoms with E-state index in [9.17, 15) is 9.59 Å². The number of H-pyrrole nitrogens is 1. The zero-order chi connectivity index (χ0) is 20.7. The first kappa shape index (κ1) is 18.7. The van der Waals surface area contributed by atoms with Crippen molar-refractivity contribution in [1.82, 2.24) is 19.6 Å². The van der Waals surface area contributed by atoms with Crippen LogP contribution in [0.4, 0.5) is 6.01 Å². The Morgan fingerprint density at radius 3 is 2.55 bits per heavy atom. The van der Waals surface area contributed by atoms with Gasteiger partial charge in [-0.2, -0.15) is 4.98 Å². The summed E-state index contributed by atoms with van der Waals surface area (Å²) in [6, 6.07) is 9.73. The average molecular weight is 391 g/mol. The number of fused-ring (bicyclic) bond motifs is 1. The third-order valence-corrected chi connectivity index (χ3v) is 4.77. The molecule has 2 N–H and O–H groups in total. The van der Waals surface area contributed by atoms with Crippen LogP contribution in [-0.4, -0.2) is 25.5 Å². The van der Waals surface area contributed by atoms with E-state index in [0.29, 0.717) is 11.3 Å². The molecule has 0 radical (unpaired) electrons. The van der Waals surface area contributed by atoms with Crippen molar-refractivity contribution in [2.24, 2.45) is 0 Å². The number of amides is 1. The molecule has 0 saturated heterocycles. The number of anilines is 1. The quantitative estimate of drug-likeness (QED) is 0.552. The van der Waals surface area contributed by atoms with E-state index >= 15 is 0 Å². The number of carbonyl (C=O) groups excluding carboxylic acids is 1. The number of carbonyl (C=O) groups is 1. The molecule has 3 heterocycles. The number of nitrogens with one attached hydrogen (secondary N) is 2. The Hall–Kier alpha value is -3.68. The molecule has 0 atom stereocenters. The molecule has 0 unspecified atom stereocenters. The highest BCUT2D eigenvalue weighted by molar-refractivity contribution is 6.04. The average Bonchev–Trinajstić information content (AvgIpc) is 3.27. The van der Waals surface area contributed by atoms with Gasteiger partial charge in [0.1, 0.15) is 11.8 Å². The number of oxazole rings is 1. The predicted molar refractivity (Wildman–Crippen MR) is 109 cm³/mol. The van der Waals surface area contributed by atoms with Crippen LogP contribution in [0, 0.1) is 13.8 Å². The summed E-state index contributed by atoms with van der Waals surface area (Å²) in [7, 11) is 0. The number of rotatable bonds is 4. The Balaban J connectivity index is 1.78. The number of aromatic amines is 1. The zero-order valence-electron chi connectivity index (χ0n) is 16.6. The molecule has 148 valence electrons. The summed E-state index contributed by atoms with van der Waals surface area (Å²) >= 11 is 0. The number of hydrogen-bond acceptors (Lipinski definition) is 5. The molecule has 4 rings (SSSR count). The van der Waals surface area contributed by atoms with Crippen molar-refractivity contribution in [3.63, 3.8) is 0 Å². The van der Waals surface area contributed by atoms with E-state index < -0.39 is 11.5 Å². The summed E-state index contributed by atoms with van der Waals surface area (Å²) < 4.78 is 6.59. The highest BCUT2D eigenvalue weighted by Gasteiger charge is 2.23. The molecule has 1 amide bonds. The molecule has 8 heteroatoms. The predicted octanol–water partition coefficient (Wildman–Crippen LogP) is 3.67. The number of aryl methyl sites for hydroxylation is 2. The van der Waals surface area contributed by atoms with Crippen LogP contribution in [0.1, 0.15) is 47.2 Å². The van der Waals surface area contributed by atoms with Crippen LogP contribution < -0.4 is 10.9 Å². The second kappa shape index (κ2) is 7.05. The molecule has 0 spiro atoms. The number of benzene rings is 1. The van der Waals surface area contributed by atoms with Crippen molar-refractivity contribution in [3.8, 4) is 11.1 Å². The van der Waals surface area contributed by atoms with Gasteiger partial charge in [-0.25, -0.2) is 9.50 Å².